The van der Waals surface area contributed by atoms with Gasteiger partial charge in [-0.25, -0.2) is 4.39 Å². The van der Waals surface area contributed by atoms with Crippen LogP contribution in [0.2, 0.25) is 0 Å². The van der Waals surface area contributed by atoms with Crippen LogP contribution in [0.4, 0.5) is 4.39 Å². The van der Waals surface area contributed by atoms with Gasteiger partial charge in [-0.3, -0.25) is 9.59 Å². The summed E-state index contributed by atoms with van der Waals surface area (Å²) in [4.78, 5) is 23.8. The van der Waals surface area contributed by atoms with E-state index in [1.54, 1.807) is 18.2 Å². The first-order chi connectivity index (χ1) is 12.9. The van der Waals surface area contributed by atoms with Crippen molar-refractivity contribution in [2.75, 3.05) is 21.3 Å². The lowest BCUT2D eigenvalue weighted by Crippen LogP contribution is -2.31. The van der Waals surface area contributed by atoms with E-state index in [0.29, 0.717) is 17.1 Å². The maximum Gasteiger partial charge on any atom is 0.305 e. The van der Waals surface area contributed by atoms with Crippen LogP contribution in [-0.4, -0.2) is 38.3 Å². The van der Waals surface area contributed by atoms with Crippen molar-refractivity contribution in [2.45, 2.75) is 12.5 Å². The first-order valence-corrected chi connectivity index (χ1v) is 7.98. The maximum absolute atomic E-state index is 14.3. The zero-order valence-corrected chi connectivity index (χ0v) is 15.1. The van der Waals surface area contributed by atoms with Gasteiger partial charge in [0, 0.05) is 11.6 Å². The smallest absolute Gasteiger partial charge is 0.305 e. The standard InChI is InChI=1S/C19H20FNO6/c1-25-11-7-8-12(16(9-11)27-3)14(10-17(22)23)21-19(24)13-5-4-6-15(26-2)18(13)20/h4-9,14H,10H2,1-3H3,(H,21,24)(H,22,23). The summed E-state index contributed by atoms with van der Waals surface area (Å²) in [5, 5.41) is 11.8. The van der Waals surface area contributed by atoms with Crippen LogP contribution >= 0.6 is 0 Å². The highest BCUT2D eigenvalue weighted by Crippen LogP contribution is 2.31. The molecule has 144 valence electrons. The highest BCUT2D eigenvalue weighted by Gasteiger charge is 2.24. The zero-order chi connectivity index (χ0) is 20.0. The lowest BCUT2D eigenvalue weighted by Gasteiger charge is -2.21. The number of aliphatic carboxylic acids is 1. The summed E-state index contributed by atoms with van der Waals surface area (Å²) in [6.07, 6.45) is -0.417. The Morgan fingerprint density at radius 3 is 2.37 bits per heavy atom. The number of methoxy groups -OCH3 is 3. The minimum absolute atomic E-state index is 0.0838. The molecule has 2 aromatic rings. The van der Waals surface area contributed by atoms with Gasteiger partial charge in [0.25, 0.3) is 5.91 Å². The number of hydrogen-bond acceptors (Lipinski definition) is 5. The lowest BCUT2D eigenvalue weighted by molar-refractivity contribution is -0.137. The van der Waals surface area contributed by atoms with Gasteiger partial charge in [0.1, 0.15) is 11.5 Å². The Bertz CT molecular complexity index is 839. The molecule has 1 atom stereocenters. The molecule has 1 amide bonds. The van der Waals surface area contributed by atoms with Gasteiger partial charge in [0.15, 0.2) is 11.6 Å². The van der Waals surface area contributed by atoms with Crippen molar-refractivity contribution < 1.29 is 33.3 Å². The van der Waals surface area contributed by atoms with Crippen molar-refractivity contribution in [2.24, 2.45) is 0 Å². The Morgan fingerprint density at radius 1 is 1.07 bits per heavy atom. The van der Waals surface area contributed by atoms with E-state index in [1.807, 2.05) is 0 Å². The van der Waals surface area contributed by atoms with Gasteiger partial charge in [-0.2, -0.15) is 0 Å². The minimum atomic E-state index is -1.13. The molecule has 7 nitrogen and oxygen atoms in total. The molecule has 8 heteroatoms. The molecule has 27 heavy (non-hydrogen) atoms. The summed E-state index contributed by atoms with van der Waals surface area (Å²) < 4.78 is 29.6. The Balaban J connectivity index is 2.38. The van der Waals surface area contributed by atoms with Gasteiger partial charge in [-0.1, -0.05) is 6.07 Å². The van der Waals surface area contributed by atoms with E-state index in [2.05, 4.69) is 5.32 Å². The molecule has 0 saturated heterocycles. The third-order valence-electron chi connectivity index (χ3n) is 3.93. The molecule has 2 aromatic carbocycles. The van der Waals surface area contributed by atoms with Crippen LogP contribution in [0.3, 0.4) is 0 Å². The van der Waals surface area contributed by atoms with Crippen molar-refractivity contribution in [3.8, 4) is 17.2 Å². The SMILES string of the molecule is COc1ccc(C(CC(=O)O)NC(=O)c2cccc(OC)c2F)c(OC)c1. The second kappa shape index (κ2) is 8.88. The molecule has 2 rings (SSSR count). The number of benzene rings is 2. The van der Waals surface area contributed by atoms with E-state index >= 15 is 0 Å². The van der Waals surface area contributed by atoms with Crippen molar-refractivity contribution >= 4 is 11.9 Å². The highest BCUT2D eigenvalue weighted by atomic mass is 19.1. The van der Waals surface area contributed by atoms with Gasteiger partial charge in [-0.05, 0) is 24.3 Å². The van der Waals surface area contributed by atoms with Crippen molar-refractivity contribution in [3.05, 3.63) is 53.3 Å². The molecule has 0 aliphatic carbocycles. The molecule has 0 fully saturated rings. The van der Waals surface area contributed by atoms with Crippen LogP contribution < -0.4 is 19.5 Å². The summed E-state index contributed by atoms with van der Waals surface area (Å²) in [5.41, 5.74) is 0.176. The highest BCUT2D eigenvalue weighted by molar-refractivity contribution is 5.95. The Morgan fingerprint density at radius 2 is 1.78 bits per heavy atom. The molecule has 0 aromatic heterocycles. The molecule has 0 radical (unpaired) electrons. The third kappa shape index (κ3) is 4.66. The van der Waals surface area contributed by atoms with Gasteiger partial charge in [-0.15, -0.1) is 0 Å². The first-order valence-electron chi connectivity index (χ1n) is 7.98. The molecule has 1 unspecified atom stereocenters. The molecule has 0 saturated carbocycles. The van der Waals surface area contributed by atoms with Crippen LogP contribution in [-0.2, 0) is 4.79 Å². The summed E-state index contributed by atoms with van der Waals surface area (Å²) in [5.74, 6) is -1.96. The second-order valence-corrected chi connectivity index (χ2v) is 5.55. The van der Waals surface area contributed by atoms with E-state index < -0.39 is 30.2 Å². The lowest BCUT2D eigenvalue weighted by atomic mass is 10.0. The van der Waals surface area contributed by atoms with Gasteiger partial charge in [0.05, 0.1) is 39.4 Å². The van der Waals surface area contributed by atoms with E-state index in [-0.39, 0.29) is 11.3 Å². The Hall–Kier alpha value is -3.29. The number of rotatable bonds is 8. The molecule has 2 N–H and O–H groups in total. The number of carbonyl (C=O) groups is 2. The van der Waals surface area contributed by atoms with E-state index in [1.165, 1.54) is 39.5 Å². The predicted molar refractivity (Wildman–Crippen MR) is 95.0 cm³/mol. The van der Waals surface area contributed by atoms with Gasteiger partial charge < -0.3 is 24.6 Å². The van der Waals surface area contributed by atoms with E-state index in [9.17, 15) is 19.1 Å². The molecule has 0 heterocycles. The number of ether oxygens (including phenoxy) is 3. The van der Waals surface area contributed by atoms with Crippen molar-refractivity contribution in [1.29, 1.82) is 0 Å². The molecule has 0 aliphatic heterocycles. The van der Waals surface area contributed by atoms with Crippen LogP contribution in [0.25, 0.3) is 0 Å². The number of nitrogens with one attached hydrogen (secondary N) is 1. The van der Waals surface area contributed by atoms with E-state index in [0.717, 1.165) is 0 Å². The third-order valence-corrected chi connectivity index (χ3v) is 3.93. The van der Waals surface area contributed by atoms with Crippen LogP contribution in [0.1, 0.15) is 28.4 Å². The quantitative estimate of drug-likeness (QED) is 0.735. The van der Waals surface area contributed by atoms with Crippen molar-refractivity contribution in [1.82, 2.24) is 5.32 Å². The fourth-order valence-corrected chi connectivity index (χ4v) is 2.60. The van der Waals surface area contributed by atoms with E-state index in [4.69, 9.17) is 14.2 Å². The van der Waals surface area contributed by atoms with Crippen molar-refractivity contribution in [3.63, 3.8) is 0 Å². The summed E-state index contributed by atoms with van der Waals surface area (Å²) >= 11 is 0. The molecule has 0 aliphatic rings. The fraction of sp³-hybridized carbons (Fsp3) is 0.263. The number of carbonyl (C=O) groups excluding carboxylic acids is 1. The number of carboxylic acid groups (broad SMARTS) is 1. The average Bonchev–Trinajstić information content (AvgIpc) is 2.66. The Kier molecular flexibility index (Phi) is 6.59. The second-order valence-electron chi connectivity index (χ2n) is 5.55. The first kappa shape index (κ1) is 20.0. The number of hydrogen-bond donors (Lipinski definition) is 2. The van der Waals surface area contributed by atoms with Crippen LogP contribution in [0.15, 0.2) is 36.4 Å². The number of amides is 1. The summed E-state index contributed by atoms with van der Waals surface area (Å²) in [6.45, 7) is 0. The van der Waals surface area contributed by atoms with Crippen LogP contribution in [0.5, 0.6) is 17.2 Å². The fourth-order valence-electron chi connectivity index (χ4n) is 2.60. The number of carboxylic acids is 1. The summed E-state index contributed by atoms with van der Waals surface area (Å²) in [6, 6.07) is 7.98. The van der Waals surface area contributed by atoms with Crippen LogP contribution in [0, 0.1) is 5.82 Å². The molecular formula is C19H20FNO6. The normalized spacial score (nSPS) is 11.4. The largest absolute Gasteiger partial charge is 0.497 e. The summed E-state index contributed by atoms with van der Waals surface area (Å²) in [7, 11) is 4.19. The molecule has 0 spiro atoms. The van der Waals surface area contributed by atoms with Gasteiger partial charge >= 0.3 is 5.97 Å². The molecule has 0 bridgehead atoms. The Labute approximate surface area is 155 Å². The monoisotopic (exact) mass is 377 g/mol. The molecular weight excluding hydrogens is 357 g/mol. The minimum Gasteiger partial charge on any atom is -0.497 e. The average molecular weight is 377 g/mol. The predicted octanol–water partition coefficient (Wildman–Crippen LogP) is 2.80. The number of halogens is 1. The van der Waals surface area contributed by atoms with Gasteiger partial charge in [0.2, 0.25) is 0 Å². The maximum atomic E-state index is 14.3. The zero-order valence-electron chi connectivity index (χ0n) is 15.1. The topological polar surface area (TPSA) is 94.1 Å².